The van der Waals surface area contributed by atoms with Crippen molar-refractivity contribution < 1.29 is 18.9 Å². The third kappa shape index (κ3) is 9.60. The zero-order chi connectivity index (χ0) is 44.7. The molecule has 4 heterocycles. The maximum atomic E-state index is 6.26. The lowest BCUT2D eigenvalue weighted by atomic mass is 10.0. The van der Waals surface area contributed by atoms with Crippen LogP contribution in [0.3, 0.4) is 0 Å². The Morgan fingerprint density at radius 1 is 0.470 bits per heavy atom. The van der Waals surface area contributed by atoms with Crippen LogP contribution in [-0.2, 0) is 26.1 Å². The van der Waals surface area contributed by atoms with E-state index in [-0.39, 0.29) is 23.7 Å². The number of fused-ring (bicyclic) bond motifs is 2. The van der Waals surface area contributed by atoms with Crippen LogP contribution in [0.1, 0.15) is 68.4 Å². The number of rotatable bonds is 15. The Bertz CT molecular complexity index is 2770. The fraction of sp³-hybridized carbons (Fsp3) is 0.192. The van der Waals surface area contributed by atoms with E-state index in [1.165, 1.54) is 11.1 Å². The minimum Gasteiger partial charge on any atom is -0.496 e. The molecule has 2 unspecified atom stereocenters. The first kappa shape index (κ1) is 42.8. The normalized spacial score (nSPS) is 15.6. The first-order chi connectivity index (χ1) is 32.6. The highest BCUT2D eigenvalue weighted by Crippen LogP contribution is 2.45. The number of aryl methyl sites for hydroxylation is 2. The molecule has 0 saturated carbocycles. The Morgan fingerprint density at radius 2 is 0.864 bits per heavy atom. The number of hydrogen-bond donors (Lipinski definition) is 0. The summed E-state index contributed by atoms with van der Waals surface area (Å²) in [5, 5.41) is 29.8. The molecule has 0 fully saturated rings. The molecule has 0 aliphatic carbocycles. The van der Waals surface area contributed by atoms with Crippen LogP contribution in [-0.4, -0.2) is 55.4 Å². The van der Waals surface area contributed by atoms with Gasteiger partial charge in [0, 0.05) is 34.5 Å². The number of ether oxygens (including phenoxy) is 4. The van der Waals surface area contributed by atoms with Gasteiger partial charge in [-0.25, -0.2) is 0 Å². The minimum atomic E-state index is 0.0317. The summed E-state index contributed by atoms with van der Waals surface area (Å²) in [6.45, 7) is 0.439. The summed E-state index contributed by atoms with van der Waals surface area (Å²) in [6.07, 6.45) is 3.15. The summed E-state index contributed by atoms with van der Waals surface area (Å²) in [5.41, 5.74) is 8.60. The second-order valence-electron chi connectivity index (χ2n) is 15.7. The fourth-order valence-electron chi connectivity index (χ4n) is 8.04. The molecule has 12 nitrogen and oxygen atoms in total. The zero-order valence-electron chi connectivity index (χ0n) is 36.4. The van der Waals surface area contributed by atoms with Gasteiger partial charge in [-0.05, 0) is 71.5 Å². The molecule has 0 spiro atoms. The van der Waals surface area contributed by atoms with Crippen LogP contribution >= 0.6 is 23.5 Å². The van der Waals surface area contributed by atoms with Gasteiger partial charge in [-0.1, -0.05) is 145 Å². The van der Waals surface area contributed by atoms with Gasteiger partial charge in [0.15, 0.2) is 11.6 Å². The first-order valence-corrected chi connectivity index (χ1v) is 23.5. The molecule has 2 atom stereocenters. The van der Waals surface area contributed by atoms with Gasteiger partial charge in [0.05, 0.1) is 25.6 Å². The highest BCUT2D eigenvalue weighted by atomic mass is 32.2. The summed E-state index contributed by atoms with van der Waals surface area (Å²) in [4.78, 5) is 0. The van der Waals surface area contributed by atoms with Crippen molar-refractivity contribution in [3.8, 4) is 23.0 Å². The van der Waals surface area contributed by atoms with Crippen molar-refractivity contribution in [3.63, 3.8) is 0 Å². The van der Waals surface area contributed by atoms with Gasteiger partial charge in [0.25, 0.3) is 0 Å². The van der Waals surface area contributed by atoms with Crippen LogP contribution in [0, 0.1) is 0 Å². The SMILES string of the molecule is COc1ccccc1C1CC(c2ccccc2)=Nn2c(COc3ccc(CCc4ccc(OCc5nnc6n5N=C(c5ccccc5)CC(c5ccccc5OC)S6)cc4)cc3)nnc2S1. The third-order valence-electron chi connectivity index (χ3n) is 11.5. The monoisotopic (exact) mass is 910 g/mol. The van der Waals surface area contributed by atoms with Crippen LogP contribution in [0.15, 0.2) is 178 Å². The lowest BCUT2D eigenvalue weighted by Crippen LogP contribution is -2.09. The third-order valence-corrected chi connectivity index (χ3v) is 13.9. The van der Waals surface area contributed by atoms with E-state index in [9.17, 15) is 0 Å². The Morgan fingerprint density at radius 3 is 1.27 bits per heavy atom. The molecule has 0 bridgehead atoms. The van der Waals surface area contributed by atoms with Crippen molar-refractivity contribution in [2.24, 2.45) is 10.2 Å². The molecular weight excluding hydrogens is 865 g/mol. The van der Waals surface area contributed by atoms with Gasteiger partial charge in [0.2, 0.25) is 10.3 Å². The Labute approximate surface area is 391 Å². The van der Waals surface area contributed by atoms with Crippen molar-refractivity contribution in [2.75, 3.05) is 14.2 Å². The number of thioether (sulfide) groups is 2. The van der Waals surface area contributed by atoms with Gasteiger partial charge < -0.3 is 18.9 Å². The second kappa shape index (κ2) is 19.9. The lowest BCUT2D eigenvalue weighted by Gasteiger charge is -2.17. The molecule has 2 aromatic heterocycles. The molecule has 0 amide bonds. The second-order valence-corrected chi connectivity index (χ2v) is 18.1. The van der Waals surface area contributed by atoms with Crippen molar-refractivity contribution in [2.45, 2.75) is 59.7 Å². The molecule has 8 aromatic rings. The van der Waals surface area contributed by atoms with Gasteiger partial charge >= 0.3 is 0 Å². The predicted octanol–water partition coefficient (Wildman–Crippen LogP) is 10.8. The maximum Gasteiger partial charge on any atom is 0.212 e. The quantitative estimate of drug-likeness (QED) is 0.0982. The zero-order valence-corrected chi connectivity index (χ0v) is 38.1. The van der Waals surface area contributed by atoms with E-state index in [1.807, 2.05) is 106 Å². The number of methoxy groups -OCH3 is 2. The van der Waals surface area contributed by atoms with Gasteiger partial charge in [-0.2, -0.15) is 19.6 Å². The summed E-state index contributed by atoms with van der Waals surface area (Å²) in [7, 11) is 3.41. The summed E-state index contributed by atoms with van der Waals surface area (Å²) in [6, 6.07) is 53.2. The van der Waals surface area contributed by atoms with Crippen LogP contribution in [0.5, 0.6) is 23.0 Å². The average molecular weight is 911 g/mol. The van der Waals surface area contributed by atoms with Crippen molar-refractivity contribution in [1.29, 1.82) is 0 Å². The van der Waals surface area contributed by atoms with Crippen LogP contribution < -0.4 is 18.9 Å². The Kier molecular flexibility index (Phi) is 12.9. The van der Waals surface area contributed by atoms with E-state index in [2.05, 4.69) is 81.1 Å². The van der Waals surface area contributed by atoms with Crippen molar-refractivity contribution in [3.05, 3.63) is 203 Å². The van der Waals surface area contributed by atoms with Gasteiger partial charge in [-0.3, -0.25) is 0 Å². The molecule has 0 radical (unpaired) electrons. The fourth-order valence-corrected chi connectivity index (χ4v) is 10.3. The van der Waals surface area contributed by atoms with Crippen LogP contribution in [0.25, 0.3) is 0 Å². The predicted molar refractivity (Wildman–Crippen MR) is 258 cm³/mol. The summed E-state index contributed by atoms with van der Waals surface area (Å²) >= 11 is 3.27. The molecular formula is C52H46N8O4S2. The van der Waals surface area contributed by atoms with Crippen molar-refractivity contribution >= 4 is 34.9 Å². The molecule has 14 heteroatoms. The molecule has 0 N–H and O–H groups in total. The van der Waals surface area contributed by atoms with E-state index in [0.29, 0.717) is 34.8 Å². The molecule has 0 saturated heterocycles. The summed E-state index contributed by atoms with van der Waals surface area (Å²) < 4.78 is 27.7. The number of nitrogens with zero attached hydrogens (tertiary/aromatic N) is 8. The topological polar surface area (TPSA) is 123 Å². The summed E-state index contributed by atoms with van der Waals surface area (Å²) in [5.74, 6) is 4.43. The van der Waals surface area contributed by atoms with E-state index >= 15 is 0 Å². The molecule has 330 valence electrons. The van der Waals surface area contributed by atoms with Crippen LogP contribution in [0.4, 0.5) is 0 Å². The maximum absolute atomic E-state index is 6.26. The number of para-hydroxylation sites is 2. The molecule has 10 rings (SSSR count). The average Bonchev–Trinajstić information content (AvgIpc) is 3.80. The molecule has 2 aliphatic rings. The highest BCUT2D eigenvalue weighted by molar-refractivity contribution is 7.99. The van der Waals surface area contributed by atoms with Gasteiger partial charge in [0.1, 0.15) is 36.2 Å². The Hall–Kier alpha value is -7.16. The van der Waals surface area contributed by atoms with Crippen LogP contribution in [0.2, 0.25) is 0 Å². The molecule has 66 heavy (non-hydrogen) atoms. The number of benzene rings is 6. The van der Waals surface area contributed by atoms with Gasteiger partial charge in [-0.15, -0.1) is 20.4 Å². The molecule has 6 aromatic carbocycles. The van der Waals surface area contributed by atoms with E-state index in [4.69, 9.17) is 29.2 Å². The van der Waals surface area contributed by atoms with E-state index < -0.39 is 0 Å². The highest BCUT2D eigenvalue weighted by Gasteiger charge is 2.30. The standard InChI is InChI=1S/C52H46N8O4S2/c1-61-45-19-11-9-17-41(45)47-31-43(37-13-5-3-6-14-37)57-59-49(53-55-51(59)65-47)33-63-39-27-23-35(24-28-39)21-22-36-25-29-40(30-26-36)64-34-50-54-56-52-60(50)58-44(38-15-7-4-8-16-38)32-48(66-52)42-18-10-12-20-46(42)62-2/h3-20,23-30,47-48H,21-22,31-34H2,1-2H3. The first-order valence-electron chi connectivity index (χ1n) is 21.8. The van der Waals surface area contributed by atoms with Crippen molar-refractivity contribution in [1.82, 2.24) is 29.7 Å². The number of aromatic nitrogens is 6. The minimum absolute atomic E-state index is 0.0317. The molecule has 2 aliphatic heterocycles. The smallest absolute Gasteiger partial charge is 0.212 e. The lowest BCUT2D eigenvalue weighted by molar-refractivity contribution is 0.289. The Balaban J connectivity index is 0.760. The van der Waals surface area contributed by atoms with E-state index in [0.717, 1.165) is 69.5 Å². The number of hydrogen-bond acceptors (Lipinski definition) is 12. The van der Waals surface area contributed by atoms with E-state index in [1.54, 1.807) is 37.7 Å². The largest absolute Gasteiger partial charge is 0.496 e.